The highest BCUT2D eigenvalue weighted by Gasteiger charge is 2.27. The SMILES string of the molecule is O=C1c2ccccc2-c2c1ccc1cccnc21. The molecule has 0 fully saturated rings. The Bertz CT molecular complexity index is 805. The van der Waals surface area contributed by atoms with Crippen LogP contribution in [0.4, 0.5) is 0 Å². The Labute approximate surface area is 104 Å². The van der Waals surface area contributed by atoms with Crippen molar-refractivity contribution in [3.8, 4) is 11.1 Å². The van der Waals surface area contributed by atoms with Crippen LogP contribution in [0, 0.1) is 0 Å². The highest BCUT2D eigenvalue weighted by molar-refractivity contribution is 6.25. The summed E-state index contributed by atoms with van der Waals surface area (Å²) < 4.78 is 0. The van der Waals surface area contributed by atoms with E-state index in [4.69, 9.17) is 0 Å². The van der Waals surface area contributed by atoms with Crippen molar-refractivity contribution in [2.75, 3.05) is 0 Å². The van der Waals surface area contributed by atoms with Gasteiger partial charge in [-0.05, 0) is 17.7 Å². The van der Waals surface area contributed by atoms with Gasteiger partial charge in [0, 0.05) is 28.3 Å². The average Bonchev–Trinajstić information content (AvgIpc) is 2.73. The van der Waals surface area contributed by atoms with Gasteiger partial charge in [-0.25, -0.2) is 0 Å². The van der Waals surface area contributed by atoms with Crippen LogP contribution in [0.2, 0.25) is 0 Å². The lowest BCUT2D eigenvalue weighted by Gasteiger charge is -2.04. The topological polar surface area (TPSA) is 30.0 Å². The quantitative estimate of drug-likeness (QED) is 0.464. The number of pyridine rings is 1. The first-order valence-electron chi connectivity index (χ1n) is 5.88. The van der Waals surface area contributed by atoms with Crippen LogP contribution in [0.25, 0.3) is 22.0 Å². The normalized spacial score (nSPS) is 12.6. The smallest absolute Gasteiger partial charge is 0.194 e. The van der Waals surface area contributed by atoms with E-state index in [1.165, 1.54) is 0 Å². The fourth-order valence-electron chi connectivity index (χ4n) is 2.65. The van der Waals surface area contributed by atoms with Gasteiger partial charge in [-0.1, -0.05) is 36.4 Å². The van der Waals surface area contributed by atoms with Crippen LogP contribution in [-0.2, 0) is 0 Å². The third kappa shape index (κ3) is 1.07. The van der Waals surface area contributed by atoms with Crippen molar-refractivity contribution < 1.29 is 4.79 Å². The van der Waals surface area contributed by atoms with Gasteiger partial charge in [-0.3, -0.25) is 9.78 Å². The number of hydrogen-bond donors (Lipinski definition) is 0. The summed E-state index contributed by atoms with van der Waals surface area (Å²) in [6.45, 7) is 0. The van der Waals surface area contributed by atoms with Gasteiger partial charge in [0.05, 0.1) is 5.52 Å². The Morgan fingerprint density at radius 2 is 1.61 bits per heavy atom. The Morgan fingerprint density at radius 3 is 2.50 bits per heavy atom. The molecular weight excluding hydrogens is 222 g/mol. The summed E-state index contributed by atoms with van der Waals surface area (Å²) in [5, 5.41) is 1.07. The third-order valence-electron chi connectivity index (χ3n) is 3.46. The van der Waals surface area contributed by atoms with Crippen LogP contribution >= 0.6 is 0 Å². The van der Waals surface area contributed by atoms with Gasteiger partial charge < -0.3 is 0 Å². The molecule has 1 aliphatic carbocycles. The van der Waals surface area contributed by atoms with Crippen LogP contribution in [0.1, 0.15) is 15.9 Å². The predicted octanol–water partition coefficient (Wildman–Crippen LogP) is 3.45. The number of rotatable bonds is 0. The van der Waals surface area contributed by atoms with Gasteiger partial charge in [0.25, 0.3) is 0 Å². The second kappa shape index (κ2) is 3.26. The molecule has 18 heavy (non-hydrogen) atoms. The maximum Gasteiger partial charge on any atom is 0.194 e. The zero-order valence-electron chi connectivity index (χ0n) is 9.55. The van der Waals surface area contributed by atoms with Crippen molar-refractivity contribution in [1.29, 1.82) is 0 Å². The molecule has 84 valence electrons. The summed E-state index contributed by atoms with van der Waals surface area (Å²) in [6.07, 6.45) is 1.77. The molecule has 0 saturated heterocycles. The second-order valence-corrected chi connectivity index (χ2v) is 4.44. The van der Waals surface area contributed by atoms with Crippen LogP contribution in [0.15, 0.2) is 54.7 Å². The first-order chi connectivity index (χ1) is 8.86. The number of nitrogens with zero attached hydrogens (tertiary/aromatic N) is 1. The highest BCUT2D eigenvalue weighted by Crippen LogP contribution is 2.40. The number of ketones is 1. The van der Waals surface area contributed by atoms with Crippen molar-refractivity contribution in [3.05, 3.63) is 65.9 Å². The Hall–Kier alpha value is -2.48. The maximum absolute atomic E-state index is 12.3. The van der Waals surface area contributed by atoms with Gasteiger partial charge >= 0.3 is 0 Å². The number of benzene rings is 2. The summed E-state index contributed by atoms with van der Waals surface area (Å²) in [7, 11) is 0. The molecule has 1 heterocycles. The fourth-order valence-corrected chi connectivity index (χ4v) is 2.65. The molecule has 0 amide bonds. The van der Waals surface area contributed by atoms with E-state index in [0.29, 0.717) is 0 Å². The van der Waals surface area contributed by atoms with Crippen molar-refractivity contribution in [1.82, 2.24) is 4.98 Å². The molecule has 1 aliphatic rings. The first kappa shape index (κ1) is 9.54. The lowest BCUT2D eigenvalue weighted by Crippen LogP contribution is -1.94. The van der Waals surface area contributed by atoms with Crippen molar-refractivity contribution in [2.45, 2.75) is 0 Å². The van der Waals surface area contributed by atoms with Gasteiger partial charge in [0.1, 0.15) is 0 Å². The lowest BCUT2D eigenvalue weighted by atomic mass is 10.0. The Kier molecular flexibility index (Phi) is 1.73. The summed E-state index contributed by atoms with van der Waals surface area (Å²) in [6, 6.07) is 15.5. The summed E-state index contributed by atoms with van der Waals surface area (Å²) >= 11 is 0. The van der Waals surface area contributed by atoms with E-state index < -0.39 is 0 Å². The molecule has 3 aromatic rings. The van der Waals surface area contributed by atoms with Crippen LogP contribution < -0.4 is 0 Å². The van der Waals surface area contributed by atoms with Crippen LogP contribution in [-0.4, -0.2) is 10.8 Å². The standard InChI is InChI=1S/C16H9NO/c18-16-12-6-2-1-5-11(12)14-13(16)8-7-10-4-3-9-17-15(10)14/h1-9H. The number of aromatic nitrogens is 1. The molecule has 0 N–H and O–H groups in total. The van der Waals surface area contributed by atoms with Crippen molar-refractivity contribution >= 4 is 16.7 Å². The third-order valence-corrected chi connectivity index (χ3v) is 3.46. The molecule has 0 saturated carbocycles. The summed E-state index contributed by atoms with van der Waals surface area (Å²) in [5.74, 6) is 0.105. The summed E-state index contributed by atoms with van der Waals surface area (Å²) in [4.78, 5) is 16.7. The summed E-state index contributed by atoms with van der Waals surface area (Å²) in [5.41, 5.74) is 4.44. The van der Waals surface area contributed by atoms with Gasteiger partial charge in [0.2, 0.25) is 0 Å². The van der Waals surface area contributed by atoms with E-state index in [1.807, 2.05) is 48.5 Å². The van der Waals surface area contributed by atoms with Crippen molar-refractivity contribution in [2.24, 2.45) is 0 Å². The number of carbonyl (C=O) groups is 1. The van der Waals surface area contributed by atoms with E-state index >= 15 is 0 Å². The van der Waals surface area contributed by atoms with E-state index in [9.17, 15) is 4.79 Å². The van der Waals surface area contributed by atoms with Crippen LogP contribution in [0.3, 0.4) is 0 Å². The molecule has 2 aromatic carbocycles. The molecular formula is C16H9NO. The molecule has 2 nitrogen and oxygen atoms in total. The molecule has 4 rings (SSSR count). The van der Waals surface area contributed by atoms with Crippen molar-refractivity contribution in [3.63, 3.8) is 0 Å². The predicted molar refractivity (Wildman–Crippen MR) is 70.6 cm³/mol. The number of fused-ring (bicyclic) bond motifs is 5. The zero-order valence-corrected chi connectivity index (χ0v) is 9.55. The van der Waals surface area contributed by atoms with E-state index in [1.54, 1.807) is 6.20 Å². The van der Waals surface area contributed by atoms with E-state index in [2.05, 4.69) is 4.98 Å². The largest absolute Gasteiger partial charge is 0.289 e. The molecule has 2 heteroatoms. The zero-order chi connectivity index (χ0) is 12.1. The van der Waals surface area contributed by atoms with Crippen LogP contribution in [0.5, 0.6) is 0 Å². The molecule has 1 aromatic heterocycles. The Balaban J connectivity index is 2.23. The fraction of sp³-hybridized carbons (Fsp3) is 0. The monoisotopic (exact) mass is 231 g/mol. The van der Waals surface area contributed by atoms with Gasteiger partial charge in [0.15, 0.2) is 5.78 Å². The average molecular weight is 231 g/mol. The van der Waals surface area contributed by atoms with E-state index in [-0.39, 0.29) is 5.78 Å². The maximum atomic E-state index is 12.3. The highest BCUT2D eigenvalue weighted by atomic mass is 16.1. The second-order valence-electron chi connectivity index (χ2n) is 4.44. The Morgan fingerprint density at radius 1 is 0.778 bits per heavy atom. The number of hydrogen-bond acceptors (Lipinski definition) is 2. The molecule has 0 bridgehead atoms. The van der Waals surface area contributed by atoms with Gasteiger partial charge in [-0.2, -0.15) is 0 Å². The first-order valence-corrected chi connectivity index (χ1v) is 5.88. The minimum Gasteiger partial charge on any atom is -0.289 e. The molecule has 0 radical (unpaired) electrons. The number of carbonyl (C=O) groups excluding carboxylic acids is 1. The molecule has 0 atom stereocenters. The minimum absolute atomic E-state index is 0.105. The van der Waals surface area contributed by atoms with E-state index in [0.717, 1.165) is 33.2 Å². The minimum atomic E-state index is 0.105. The van der Waals surface area contributed by atoms with Gasteiger partial charge in [-0.15, -0.1) is 0 Å². The molecule has 0 spiro atoms. The molecule has 0 aliphatic heterocycles. The lowest BCUT2D eigenvalue weighted by molar-refractivity contribution is 0.104. The molecule has 0 unspecified atom stereocenters.